The van der Waals surface area contributed by atoms with Gasteiger partial charge >= 0.3 is 5.97 Å². The summed E-state index contributed by atoms with van der Waals surface area (Å²) in [7, 11) is -4.14. The fourth-order valence-electron chi connectivity index (χ4n) is 3.29. The van der Waals surface area contributed by atoms with Gasteiger partial charge < -0.3 is 4.84 Å². The molecule has 0 spiro atoms. The average molecular weight is 485 g/mol. The van der Waals surface area contributed by atoms with Crippen LogP contribution >= 0.6 is 11.6 Å². The summed E-state index contributed by atoms with van der Waals surface area (Å²) in [5.74, 6) is -2.67. The Hall–Kier alpha value is -3.53. The van der Waals surface area contributed by atoms with Crippen molar-refractivity contribution in [2.24, 2.45) is 0 Å². The van der Waals surface area contributed by atoms with Crippen LogP contribution in [0.4, 0.5) is 0 Å². The minimum absolute atomic E-state index is 0.0728. The first-order chi connectivity index (χ1) is 15.8. The molecule has 8 nitrogen and oxygen atoms in total. The highest BCUT2D eigenvalue weighted by Gasteiger charge is 2.39. The average Bonchev–Trinajstić information content (AvgIpc) is 3.04. The van der Waals surface area contributed by atoms with Crippen LogP contribution in [0.1, 0.15) is 26.3 Å². The Bertz CT molecular complexity index is 1290. The highest BCUT2D eigenvalue weighted by atomic mass is 35.5. The van der Waals surface area contributed by atoms with E-state index in [0.717, 1.165) is 4.31 Å². The Morgan fingerprint density at radius 2 is 1.39 bits per heavy atom. The molecule has 4 rings (SSSR count). The molecule has 0 unspecified atom stereocenters. The second-order valence-corrected chi connectivity index (χ2v) is 9.50. The lowest BCUT2D eigenvalue weighted by Crippen LogP contribution is -2.40. The van der Waals surface area contributed by atoms with Gasteiger partial charge in [0.2, 0.25) is 10.0 Å². The Balaban J connectivity index is 1.57. The first-order valence-corrected chi connectivity index (χ1v) is 11.6. The molecule has 0 atom stereocenters. The van der Waals surface area contributed by atoms with Gasteiger partial charge in [0.1, 0.15) is 6.54 Å². The van der Waals surface area contributed by atoms with Gasteiger partial charge in [-0.1, -0.05) is 59.1 Å². The minimum Gasteiger partial charge on any atom is -0.328 e. The van der Waals surface area contributed by atoms with Gasteiger partial charge in [0, 0.05) is 11.6 Å². The van der Waals surface area contributed by atoms with Gasteiger partial charge in [0.25, 0.3) is 11.8 Å². The normalized spacial score (nSPS) is 13.3. The third-order valence-electron chi connectivity index (χ3n) is 4.91. The van der Waals surface area contributed by atoms with Gasteiger partial charge in [-0.15, -0.1) is 0 Å². The number of imide groups is 1. The number of hydrogen-bond donors (Lipinski definition) is 0. The van der Waals surface area contributed by atoms with Crippen molar-refractivity contribution >= 4 is 39.4 Å². The maximum Gasteiger partial charge on any atom is 0.348 e. The molecule has 0 bridgehead atoms. The number of sulfonamides is 1. The standard InChI is InChI=1S/C23H17ClN2O6S/c24-17-10-12-18(13-11-17)33(30,31)25(14-16-6-2-1-3-7-16)15-21(27)32-26-22(28)19-8-4-5-9-20(19)23(26)29/h1-13H,14-15H2. The van der Waals surface area contributed by atoms with Crippen LogP contribution in [-0.4, -0.2) is 42.1 Å². The van der Waals surface area contributed by atoms with Crippen LogP contribution in [-0.2, 0) is 26.2 Å². The van der Waals surface area contributed by atoms with Gasteiger partial charge in [-0.3, -0.25) is 9.59 Å². The maximum absolute atomic E-state index is 13.3. The van der Waals surface area contributed by atoms with E-state index in [0.29, 0.717) is 15.6 Å². The lowest BCUT2D eigenvalue weighted by atomic mass is 10.1. The number of fused-ring (bicyclic) bond motifs is 1. The Kier molecular flexibility index (Phi) is 6.28. The van der Waals surface area contributed by atoms with Crippen molar-refractivity contribution in [1.82, 2.24) is 9.37 Å². The van der Waals surface area contributed by atoms with Crippen LogP contribution in [0.15, 0.2) is 83.8 Å². The van der Waals surface area contributed by atoms with Crippen molar-refractivity contribution in [3.05, 3.63) is 101 Å². The molecule has 168 valence electrons. The fraction of sp³-hybridized carbons (Fsp3) is 0.0870. The quantitative estimate of drug-likeness (QED) is 0.477. The smallest absolute Gasteiger partial charge is 0.328 e. The predicted octanol–water partition coefficient (Wildman–Crippen LogP) is 3.29. The zero-order valence-corrected chi connectivity index (χ0v) is 18.6. The van der Waals surface area contributed by atoms with E-state index in [4.69, 9.17) is 16.4 Å². The van der Waals surface area contributed by atoms with Gasteiger partial charge in [0.05, 0.1) is 16.0 Å². The molecule has 1 aliphatic heterocycles. The van der Waals surface area contributed by atoms with E-state index >= 15 is 0 Å². The number of carbonyl (C=O) groups excluding carboxylic acids is 3. The van der Waals surface area contributed by atoms with E-state index in [1.807, 2.05) is 0 Å². The highest BCUT2D eigenvalue weighted by Crippen LogP contribution is 2.24. The van der Waals surface area contributed by atoms with E-state index in [1.54, 1.807) is 42.5 Å². The van der Waals surface area contributed by atoms with Crippen molar-refractivity contribution in [1.29, 1.82) is 0 Å². The number of rotatable bonds is 7. The second kappa shape index (κ2) is 9.14. The second-order valence-electron chi connectivity index (χ2n) is 7.13. The van der Waals surface area contributed by atoms with E-state index in [-0.39, 0.29) is 22.6 Å². The molecule has 0 aliphatic carbocycles. The molecule has 0 aromatic heterocycles. The van der Waals surface area contributed by atoms with Gasteiger partial charge in [-0.25, -0.2) is 13.2 Å². The molecule has 10 heteroatoms. The topological polar surface area (TPSA) is 101 Å². The molecule has 1 aliphatic rings. The van der Waals surface area contributed by atoms with Crippen molar-refractivity contribution in [3.63, 3.8) is 0 Å². The number of amides is 2. The summed E-state index contributed by atoms with van der Waals surface area (Å²) < 4.78 is 27.4. The summed E-state index contributed by atoms with van der Waals surface area (Å²) in [6, 6.07) is 20.2. The lowest BCUT2D eigenvalue weighted by molar-refractivity contribution is -0.168. The molecular weight excluding hydrogens is 468 g/mol. The van der Waals surface area contributed by atoms with Crippen LogP contribution in [0.25, 0.3) is 0 Å². The summed E-state index contributed by atoms with van der Waals surface area (Å²) >= 11 is 5.86. The molecule has 0 radical (unpaired) electrons. The third-order valence-corrected chi connectivity index (χ3v) is 6.97. The number of hydrogen-bond acceptors (Lipinski definition) is 6. The van der Waals surface area contributed by atoms with Gasteiger partial charge in [-0.2, -0.15) is 4.31 Å². The van der Waals surface area contributed by atoms with E-state index in [9.17, 15) is 22.8 Å². The van der Waals surface area contributed by atoms with Crippen molar-refractivity contribution in [2.45, 2.75) is 11.4 Å². The SMILES string of the molecule is O=C(CN(Cc1ccccc1)S(=O)(=O)c1ccc(Cl)cc1)ON1C(=O)c2ccccc2C1=O. The van der Waals surface area contributed by atoms with Crippen LogP contribution in [0, 0.1) is 0 Å². The number of hydroxylamine groups is 2. The first kappa shape index (κ1) is 22.7. The molecule has 33 heavy (non-hydrogen) atoms. The number of halogens is 1. The molecule has 2 amide bonds. The van der Waals surface area contributed by atoms with Crippen LogP contribution in [0.3, 0.4) is 0 Å². The fourth-order valence-corrected chi connectivity index (χ4v) is 4.79. The van der Waals surface area contributed by atoms with E-state index < -0.39 is 34.4 Å². The lowest BCUT2D eigenvalue weighted by Gasteiger charge is -2.22. The Morgan fingerprint density at radius 1 is 0.848 bits per heavy atom. The highest BCUT2D eigenvalue weighted by molar-refractivity contribution is 7.89. The maximum atomic E-state index is 13.3. The number of nitrogens with zero attached hydrogens (tertiary/aromatic N) is 2. The minimum atomic E-state index is -4.14. The first-order valence-electron chi connectivity index (χ1n) is 9.75. The van der Waals surface area contributed by atoms with E-state index in [2.05, 4.69) is 0 Å². The summed E-state index contributed by atoms with van der Waals surface area (Å²) in [6.07, 6.45) is 0. The van der Waals surface area contributed by atoms with Crippen LogP contribution in [0.2, 0.25) is 5.02 Å². The van der Waals surface area contributed by atoms with Gasteiger partial charge in [-0.05, 0) is 42.0 Å². The molecular formula is C23H17ClN2O6S. The summed E-state index contributed by atoms with van der Waals surface area (Å²) in [5, 5.41) is 0.705. The van der Waals surface area contributed by atoms with Crippen molar-refractivity contribution in [2.75, 3.05) is 6.54 Å². The van der Waals surface area contributed by atoms with Crippen LogP contribution in [0.5, 0.6) is 0 Å². The Labute approximate surface area is 195 Å². The van der Waals surface area contributed by atoms with Gasteiger partial charge in [0.15, 0.2) is 0 Å². The number of carbonyl (C=O) groups is 3. The molecule has 0 N–H and O–H groups in total. The summed E-state index contributed by atoms with van der Waals surface area (Å²) in [5.41, 5.74) is 0.832. The van der Waals surface area contributed by atoms with Crippen LogP contribution < -0.4 is 0 Å². The monoisotopic (exact) mass is 484 g/mol. The molecule has 0 fully saturated rings. The predicted molar refractivity (Wildman–Crippen MR) is 119 cm³/mol. The molecule has 0 saturated carbocycles. The zero-order chi connectivity index (χ0) is 23.6. The summed E-state index contributed by atoms with van der Waals surface area (Å²) in [4.78, 5) is 42.5. The molecule has 0 saturated heterocycles. The molecule has 1 heterocycles. The largest absolute Gasteiger partial charge is 0.348 e. The van der Waals surface area contributed by atoms with E-state index in [1.165, 1.54) is 36.4 Å². The summed E-state index contributed by atoms with van der Waals surface area (Å²) in [6.45, 7) is -0.865. The molecule has 3 aromatic rings. The van der Waals surface area contributed by atoms with Crippen molar-refractivity contribution in [3.8, 4) is 0 Å². The molecule has 3 aromatic carbocycles. The third kappa shape index (κ3) is 4.65. The zero-order valence-electron chi connectivity index (χ0n) is 17.0. The van der Waals surface area contributed by atoms with Crippen molar-refractivity contribution < 1.29 is 27.6 Å². The Morgan fingerprint density at radius 3 is 1.97 bits per heavy atom. The number of benzene rings is 3.